The number of hydrogen-bond acceptors (Lipinski definition) is 8. The van der Waals surface area contributed by atoms with Crippen molar-refractivity contribution in [3.05, 3.63) is 53.1 Å². The number of benzene rings is 2. The van der Waals surface area contributed by atoms with Crippen molar-refractivity contribution in [2.75, 3.05) is 23.8 Å². The molecule has 0 unspecified atom stereocenters. The molecule has 0 saturated carbocycles. The first-order valence-electron chi connectivity index (χ1n) is 10.6. The lowest BCUT2D eigenvalue weighted by Gasteiger charge is -2.19. The van der Waals surface area contributed by atoms with Crippen LogP contribution in [0.4, 0.5) is 5.69 Å². The second-order valence-corrected chi connectivity index (χ2v) is 10.2. The van der Waals surface area contributed by atoms with Gasteiger partial charge in [-0.25, -0.2) is 13.2 Å². The summed E-state index contributed by atoms with van der Waals surface area (Å²) >= 11 is 0. The van der Waals surface area contributed by atoms with Crippen LogP contribution in [0.1, 0.15) is 34.3 Å². The molecule has 1 aliphatic rings. The molecule has 0 aromatic heterocycles. The number of carboxylic acid groups (broad SMARTS) is 2. The summed E-state index contributed by atoms with van der Waals surface area (Å²) < 4.78 is 36.4. The maximum absolute atomic E-state index is 12.8. The number of ether oxygens (including phenoxy) is 2. The van der Waals surface area contributed by atoms with E-state index in [1.807, 2.05) is 0 Å². The SMILES string of the molecule is Nc1ccc2c(c1)CCCOc1c(CCS(=O)(=O)C[C@@H](CC(=O)O)C(=O)O)cccc1OC2=O. The molecule has 3 rings (SSSR count). The lowest BCUT2D eigenvalue weighted by atomic mass is 10.0. The molecule has 0 radical (unpaired) electrons. The van der Waals surface area contributed by atoms with Crippen LogP contribution in [0.2, 0.25) is 0 Å². The van der Waals surface area contributed by atoms with Crippen LogP contribution in [0.15, 0.2) is 36.4 Å². The molecule has 34 heavy (non-hydrogen) atoms. The van der Waals surface area contributed by atoms with Gasteiger partial charge in [-0.1, -0.05) is 12.1 Å². The lowest BCUT2D eigenvalue weighted by molar-refractivity contribution is -0.147. The van der Waals surface area contributed by atoms with Gasteiger partial charge >= 0.3 is 17.9 Å². The largest absolute Gasteiger partial charge is 0.489 e. The topological polar surface area (TPSA) is 170 Å². The molecule has 0 bridgehead atoms. The van der Waals surface area contributed by atoms with Crippen molar-refractivity contribution in [3.8, 4) is 11.5 Å². The average Bonchev–Trinajstić information content (AvgIpc) is 2.75. The number of carbonyl (C=O) groups excluding carboxylic acids is 1. The van der Waals surface area contributed by atoms with E-state index in [0.717, 1.165) is 5.56 Å². The number of nitrogen functional groups attached to an aromatic ring is 1. The minimum Gasteiger partial charge on any atom is -0.489 e. The van der Waals surface area contributed by atoms with Crippen molar-refractivity contribution in [2.24, 2.45) is 5.92 Å². The molecular formula is C23H25NO9S. The number of para-hydroxylation sites is 1. The maximum atomic E-state index is 12.8. The zero-order valence-corrected chi connectivity index (χ0v) is 19.0. The van der Waals surface area contributed by atoms with Crippen molar-refractivity contribution in [3.63, 3.8) is 0 Å². The molecule has 0 aliphatic carbocycles. The third-order valence-corrected chi connectivity index (χ3v) is 7.09. The highest BCUT2D eigenvalue weighted by molar-refractivity contribution is 7.91. The van der Waals surface area contributed by atoms with E-state index < -0.39 is 51.6 Å². The van der Waals surface area contributed by atoms with E-state index in [1.54, 1.807) is 30.3 Å². The van der Waals surface area contributed by atoms with Crippen molar-refractivity contribution in [1.82, 2.24) is 0 Å². The van der Waals surface area contributed by atoms with Crippen LogP contribution in [0.3, 0.4) is 0 Å². The highest BCUT2D eigenvalue weighted by atomic mass is 32.2. The number of esters is 1. The summed E-state index contributed by atoms with van der Waals surface area (Å²) in [6, 6.07) is 9.69. The van der Waals surface area contributed by atoms with E-state index in [9.17, 15) is 22.8 Å². The van der Waals surface area contributed by atoms with Gasteiger partial charge in [0.25, 0.3) is 0 Å². The van der Waals surface area contributed by atoms with Crippen LogP contribution in [-0.2, 0) is 32.3 Å². The van der Waals surface area contributed by atoms with E-state index in [-0.39, 0.29) is 24.5 Å². The zero-order valence-electron chi connectivity index (χ0n) is 18.2. The number of anilines is 1. The number of nitrogens with two attached hydrogens (primary N) is 1. The fourth-order valence-electron chi connectivity index (χ4n) is 3.70. The van der Waals surface area contributed by atoms with Crippen LogP contribution in [0.5, 0.6) is 11.5 Å². The highest BCUT2D eigenvalue weighted by Crippen LogP contribution is 2.34. The Bertz CT molecular complexity index is 1210. The minimum atomic E-state index is -3.90. The zero-order chi connectivity index (χ0) is 24.9. The molecule has 0 saturated heterocycles. The third kappa shape index (κ3) is 6.47. The summed E-state index contributed by atoms with van der Waals surface area (Å²) in [5, 5.41) is 18.0. The second-order valence-electron chi connectivity index (χ2n) is 8.00. The number of rotatable bonds is 8. The van der Waals surface area contributed by atoms with Crippen LogP contribution in [0, 0.1) is 5.92 Å². The summed E-state index contributed by atoms with van der Waals surface area (Å²) in [6.07, 6.45) is 0.282. The summed E-state index contributed by atoms with van der Waals surface area (Å²) in [7, 11) is -3.90. The van der Waals surface area contributed by atoms with E-state index in [0.29, 0.717) is 29.7 Å². The van der Waals surface area contributed by atoms with Crippen molar-refractivity contribution < 1.29 is 42.5 Å². The Kier molecular flexibility index (Phi) is 7.77. The van der Waals surface area contributed by atoms with Gasteiger partial charge in [0.2, 0.25) is 0 Å². The Morgan fingerprint density at radius 1 is 1.15 bits per heavy atom. The van der Waals surface area contributed by atoms with E-state index in [1.165, 1.54) is 6.07 Å². The van der Waals surface area contributed by atoms with Gasteiger partial charge in [-0.3, -0.25) is 9.59 Å². The van der Waals surface area contributed by atoms with Crippen molar-refractivity contribution >= 4 is 33.4 Å². The highest BCUT2D eigenvalue weighted by Gasteiger charge is 2.28. The molecular weight excluding hydrogens is 466 g/mol. The Labute approximate surface area is 196 Å². The van der Waals surface area contributed by atoms with E-state index >= 15 is 0 Å². The molecule has 0 fully saturated rings. The predicted molar refractivity (Wildman–Crippen MR) is 122 cm³/mol. The van der Waals surface area contributed by atoms with E-state index in [2.05, 4.69) is 0 Å². The number of carboxylic acids is 2. The summed E-state index contributed by atoms with van der Waals surface area (Å²) in [6.45, 7) is 0.280. The van der Waals surface area contributed by atoms with Crippen LogP contribution in [-0.4, -0.2) is 54.7 Å². The smallest absolute Gasteiger partial charge is 0.343 e. The standard InChI is InChI=1S/C23H25NO9S/c24-17-6-7-18-15(11-17)4-2-9-32-21-14(3-1-5-19(21)33-23(18)29)8-10-34(30,31)13-16(22(27)28)12-20(25)26/h1,3,5-7,11,16H,2,4,8-10,12-13,24H2,(H,25,26)(H,27,28)/t16-/m1/s1. The summed E-state index contributed by atoms with van der Waals surface area (Å²) in [4.78, 5) is 34.9. The molecule has 182 valence electrons. The quantitative estimate of drug-likeness (QED) is 0.282. The van der Waals surface area contributed by atoms with Gasteiger partial charge in [0, 0.05) is 5.69 Å². The van der Waals surface area contributed by atoms with Crippen molar-refractivity contribution in [2.45, 2.75) is 25.7 Å². The molecule has 10 nitrogen and oxygen atoms in total. The number of aliphatic carboxylic acids is 2. The van der Waals surface area contributed by atoms with Crippen LogP contribution >= 0.6 is 0 Å². The molecule has 4 N–H and O–H groups in total. The molecule has 0 spiro atoms. The second kappa shape index (κ2) is 10.6. The van der Waals surface area contributed by atoms with Gasteiger partial charge in [0.15, 0.2) is 21.3 Å². The van der Waals surface area contributed by atoms with Gasteiger partial charge in [0.05, 0.1) is 36.0 Å². The van der Waals surface area contributed by atoms with Gasteiger partial charge in [-0.15, -0.1) is 0 Å². The Morgan fingerprint density at radius 3 is 2.62 bits per heavy atom. The van der Waals surface area contributed by atoms with Crippen molar-refractivity contribution in [1.29, 1.82) is 0 Å². The van der Waals surface area contributed by atoms with Gasteiger partial charge < -0.3 is 25.4 Å². The van der Waals surface area contributed by atoms with Gasteiger partial charge in [0.1, 0.15) is 0 Å². The number of hydrogen-bond donors (Lipinski definition) is 3. The average molecular weight is 492 g/mol. The first-order chi connectivity index (χ1) is 16.1. The minimum absolute atomic E-state index is 0.0322. The third-order valence-electron chi connectivity index (χ3n) is 5.36. The molecule has 1 aliphatic heterocycles. The summed E-state index contributed by atoms with van der Waals surface area (Å²) in [5.41, 5.74) is 7.95. The monoisotopic (exact) mass is 491 g/mol. The number of sulfone groups is 1. The number of carbonyl (C=O) groups is 3. The fraction of sp³-hybridized carbons (Fsp3) is 0.348. The lowest BCUT2D eigenvalue weighted by Crippen LogP contribution is -2.28. The first-order valence-corrected chi connectivity index (χ1v) is 12.4. The first kappa shape index (κ1) is 25.0. The Morgan fingerprint density at radius 2 is 1.91 bits per heavy atom. The summed E-state index contributed by atoms with van der Waals surface area (Å²) in [5.74, 6) is -5.85. The van der Waals surface area contributed by atoms with Crippen LogP contribution < -0.4 is 15.2 Å². The molecule has 11 heteroatoms. The molecule has 1 heterocycles. The van der Waals surface area contributed by atoms with E-state index in [4.69, 9.17) is 25.4 Å². The Hall–Kier alpha value is -3.60. The van der Waals surface area contributed by atoms with Gasteiger partial charge in [-0.05, 0) is 54.7 Å². The molecule has 2 aromatic carbocycles. The molecule has 1 atom stereocenters. The number of fused-ring (bicyclic) bond motifs is 2. The maximum Gasteiger partial charge on any atom is 0.343 e. The number of aryl methyl sites for hydroxylation is 2. The fourth-order valence-corrected chi connectivity index (χ4v) is 5.27. The van der Waals surface area contributed by atoms with Gasteiger partial charge in [-0.2, -0.15) is 0 Å². The normalized spacial score (nSPS) is 14.6. The predicted octanol–water partition coefficient (Wildman–Crippen LogP) is 1.95. The van der Waals surface area contributed by atoms with Crippen LogP contribution in [0.25, 0.3) is 0 Å². The molecule has 2 aromatic rings. The molecule has 0 amide bonds. The Balaban J connectivity index is 1.81.